The number of carbonyl (C=O) groups excluding carboxylic acids is 4. The van der Waals surface area contributed by atoms with Crippen LogP contribution in [0.1, 0.15) is 132 Å². The maximum absolute atomic E-state index is 14.3. The summed E-state index contributed by atoms with van der Waals surface area (Å²) in [6.07, 6.45) is 7.07. The molecule has 0 aromatic heterocycles. The molecular formula is C45H73NO11. The van der Waals surface area contributed by atoms with Crippen LogP contribution in [0.3, 0.4) is 0 Å². The van der Waals surface area contributed by atoms with Crippen molar-refractivity contribution < 1.29 is 53.1 Å². The van der Waals surface area contributed by atoms with Crippen LogP contribution in [0, 0.1) is 29.6 Å². The van der Waals surface area contributed by atoms with Gasteiger partial charge in [0.15, 0.2) is 0 Å². The molecule has 57 heavy (non-hydrogen) atoms. The van der Waals surface area contributed by atoms with Crippen LogP contribution in [0.4, 0.5) is 0 Å². The summed E-state index contributed by atoms with van der Waals surface area (Å²) in [7, 11) is 3.10. The van der Waals surface area contributed by atoms with E-state index in [0.717, 1.165) is 17.6 Å². The summed E-state index contributed by atoms with van der Waals surface area (Å²) in [5, 5.41) is 23.0. The Bertz CT molecular complexity index is 1440. The van der Waals surface area contributed by atoms with E-state index in [4.69, 9.17) is 23.7 Å². The number of nitrogens with zero attached hydrogens (tertiary/aromatic N) is 1. The van der Waals surface area contributed by atoms with Gasteiger partial charge in [-0.15, -0.1) is 0 Å². The first-order valence-electron chi connectivity index (χ1n) is 21.7. The highest BCUT2D eigenvalue weighted by Crippen LogP contribution is 2.39. The first-order valence-corrected chi connectivity index (χ1v) is 21.7. The lowest BCUT2D eigenvalue weighted by Crippen LogP contribution is -2.64. The Kier molecular flexibility index (Phi) is 17.5. The summed E-state index contributed by atoms with van der Waals surface area (Å²) in [4.78, 5) is 57.8. The van der Waals surface area contributed by atoms with Gasteiger partial charge in [0.25, 0.3) is 11.7 Å². The number of fused-ring (bicyclic) bond motifs is 3. The van der Waals surface area contributed by atoms with Gasteiger partial charge in [0.1, 0.15) is 24.0 Å². The minimum atomic E-state index is -2.47. The monoisotopic (exact) mass is 804 g/mol. The van der Waals surface area contributed by atoms with Gasteiger partial charge in [-0.05, 0) is 122 Å². The smallest absolute Gasteiger partial charge is 0.329 e. The standard InChI is InChI=1S/C45H73NO11/c1-11-33-21-27(4)20-28(5)22-38(53-9)41-39(54-10)24-31(8)45(52,57-41)42(49)43(50)46-19-13-12-14-34(46)44(51)56-40(29(6)15-17-35(33)47)30(7)23-32-16-18-37(36(48)25-32)55-26(2)3/h21,23,26,28-29,31-34,36-41,48,52H,11-20,22,24-25H2,1-10H3/b27-21+,30-23?. The molecule has 0 radical (unpaired) electrons. The van der Waals surface area contributed by atoms with E-state index >= 15 is 0 Å². The fourth-order valence-electron chi connectivity index (χ4n) is 9.66. The van der Waals surface area contributed by atoms with E-state index in [1.54, 1.807) is 21.1 Å². The second-order valence-electron chi connectivity index (χ2n) is 18.0. The number of rotatable bonds is 7. The molecule has 12 heteroatoms. The highest BCUT2D eigenvalue weighted by Gasteiger charge is 2.56. The minimum Gasteiger partial charge on any atom is -0.456 e. The average Bonchev–Trinajstić information content (AvgIpc) is 3.17. The Morgan fingerprint density at radius 1 is 0.982 bits per heavy atom. The van der Waals surface area contributed by atoms with Crippen molar-refractivity contribution >= 4 is 23.4 Å². The van der Waals surface area contributed by atoms with Gasteiger partial charge >= 0.3 is 5.97 Å². The number of aliphatic hydroxyl groups excluding tert-OH is 1. The highest BCUT2D eigenvalue weighted by molar-refractivity contribution is 6.39. The number of aliphatic hydroxyl groups is 2. The second kappa shape index (κ2) is 21.2. The van der Waals surface area contributed by atoms with Gasteiger partial charge in [-0.1, -0.05) is 45.4 Å². The molecule has 0 spiro atoms. The van der Waals surface area contributed by atoms with Crippen LogP contribution in [-0.4, -0.2) is 114 Å². The number of esters is 1. The third kappa shape index (κ3) is 11.8. The Morgan fingerprint density at radius 2 is 1.67 bits per heavy atom. The van der Waals surface area contributed by atoms with Crippen molar-refractivity contribution in [2.75, 3.05) is 20.8 Å². The predicted octanol–water partition coefficient (Wildman–Crippen LogP) is 6.28. The summed E-state index contributed by atoms with van der Waals surface area (Å²) in [6.45, 7) is 15.8. The van der Waals surface area contributed by atoms with Gasteiger partial charge in [-0.3, -0.25) is 14.4 Å². The van der Waals surface area contributed by atoms with Gasteiger partial charge in [0, 0.05) is 39.0 Å². The average molecular weight is 804 g/mol. The van der Waals surface area contributed by atoms with Crippen molar-refractivity contribution in [2.45, 2.75) is 187 Å². The van der Waals surface area contributed by atoms with Crippen LogP contribution in [0.25, 0.3) is 0 Å². The molecule has 13 atom stereocenters. The van der Waals surface area contributed by atoms with Crippen LogP contribution in [0.5, 0.6) is 0 Å². The largest absolute Gasteiger partial charge is 0.456 e. The molecule has 3 aliphatic heterocycles. The molecule has 4 aliphatic rings. The Morgan fingerprint density at radius 3 is 2.30 bits per heavy atom. The van der Waals surface area contributed by atoms with E-state index < -0.39 is 65.9 Å². The molecule has 12 nitrogen and oxygen atoms in total. The molecule has 0 aromatic rings. The molecule has 1 amide bonds. The number of ketones is 2. The number of cyclic esters (lactones) is 1. The Hall–Kier alpha value is -2.48. The fourth-order valence-corrected chi connectivity index (χ4v) is 9.66. The van der Waals surface area contributed by atoms with Crippen LogP contribution >= 0.6 is 0 Å². The van der Waals surface area contributed by atoms with Gasteiger partial charge in [0.2, 0.25) is 5.79 Å². The molecule has 2 saturated heterocycles. The topological polar surface area (TPSA) is 158 Å². The molecule has 2 N–H and O–H groups in total. The van der Waals surface area contributed by atoms with Gasteiger partial charge in [0.05, 0.1) is 30.5 Å². The number of hydrogen-bond donors (Lipinski definition) is 2. The number of amides is 1. The lowest BCUT2D eigenvalue weighted by Gasteiger charge is -2.47. The summed E-state index contributed by atoms with van der Waals surface area (Å²) < 4.78 is 30.3. The molecular weight excluding hydrogens is 730 g/mol. The van der Waals surface area contributed by atoms with Crippen molar-refractivity contribution in [1.82, 2.24) is 4.90 Å². The van der Waals surface area contributed by atoms with Gasteiger partial charge in [-0.25, -0.2) is 4.79 Å². The summed E-state index contributed by atoms with van der Waals surface area (Å²) in [5.41, 5.74) is 1.89. The molecule has 0 aromatic carbocycles. The van der Waals surface area contributed by atoms with E-state index in [1.165, 1.54) is 4.90 Å². The number of hydrogen-bond acceptors (Lipinski definition) is 11. The van der Waals surface area contributed by atoms with Crippen molar-refractivity contribution in [3.8, 4) is 0 Å². The highest BCUT2D eigenvalue weighted by atomic mass is 16.7. The number of methoxy groups -OCH3 is 2. The zero-order valence-electron chi connectivity index (χ0n) is 36.4. The van der Waals surface area contributed by atoms with Crippen LogP contribution in [0.15, 0.2) is 23.3 Å². The Labute approximate surface area is 341 Å². The maximum atomic E-state index is 14.3. The SMILES string of the molecule is CCC1/C=C(\C)CC(C)CC(OC)C2OC(O)(C(=O)C(=O)N3CCCCC3C(=O)OC(C(C)=CC3CCC(OC(C)C)C(O)C3)C(C)CCC1=O)C(C)CC2OC. The van der Waals surface area contributed by atoms with Gasteiger partial charge in [-0.2, -0.15) is 0 Å². The van der Waals surface area contributed by atoms with Crippen molar-refractivity contribution in [1.29, 1.82) is 0 Å². The third-order valence-corrected chi connectivity index (χ3v) is 12.9. The number of Topliss-reactive ketones (excluding diaryl/α,β-unsaturated/α-hetero) is 2. The minimum absolute atomic E-state index is 0.00775. The van der Waals surface area contributed by atoms with Crippen LogP contribution < -0.4 is 0 Å². The molecule has 13 unspecified atom stereocenters. The first kappa shape index (κ1) is 47.2. The maximum Gasteiger partial charge on any atom is 0.329 e. The molecule has 324 valence electrons. The zero-order chi connectivity index (χ0) is 42.2. The number of allylic oxidation sites excluding steroid dienone is 3. The molecule has 3 fully saturated rings. The van der Waals surface area contributed by atoms with Gasteiger partial charge < -0.3 is 38.8 Å². The quantitative estimate of drug-likeness (QED) is 0.170. The number of carbonyl (C=O) groups is 4. The molecule has 1 saturated carbocycles. The van der Waals surface area contributed by atoms with E-state index in [9.17, 15) is 29.4 Å². The summed E-state index contributed by atoms with van der Waals surface area (Å²) in [6, 6.07) is -1.05. The zero-order valence-corrected chi connectivity index (χ0v) is 36.4. The third-order valence-electron chi connectivity index (χ3n) is 12.9. The molecule has 4 rings (SSSR count). The van der Waals surface area contributed by atoms with Crippen molar-refractivity contribution in [2.24, 2.45) is 29.6 Å². The fraction of sp³-hybridized carbons (Fsp3) is 0.822. The van der Waals surface area contributed by atoms with Crippen LogP contribution in [-0.2, 0) is 42.9 Å². The summed E-state index contributed by atoms with van der Waals surface area (Å²) >= 11 is 0. The van der Waals surface area contributed by atoms with E-state index in [1.807, 2.05) is 41.5 Å². The lowest BCUT2D eigenvalue weighted by molar-refractivity contribution is -0.302. The van der Waals surface area contributed by atoms with Crippen molar-refractivity contribution in [3.63, 3.8) is 0 Å². The molecule has 1 aliphatic carbocycles. The molecule has 3 heterocycles. The second-order valence-corrected chi connectivity index (χ2v) is 18.0. The first-order chi connectivity index (χ1) is 26.9. The number of ether oxygens (including phenoxy) is 5. The van der Waals surface area contributed by atoms with E-state index in [0.29, 0.717) is 64.2 Å². The normalized spacial score (nSPS) is 39.8. The summed E-state index contributed by atoms with van der Waals surface area (Å²) in [5.74, 6) is -6.26. The Balaban J connectivity index is 1.71. The van der Waals surface area contributed by atoms with E-state index in [2.05, 4.69) is 19.1 Å². The van der Waals surface area contributed by atoms with E-state index in [-0.39, 0.29) is 54.6 Å². The number of piperidine rings is 1. The predicted molar refractivity (Wildman–Crippen MR) is 216 cm³/mol. The van der Waals surface area contributed by atoms with Crippen LogP contribution in [0.2, 0.25) is 0 Å². The molecule has 2 bridgehead atoms. The van der Waals surface area contributed by atoms with Crippen molar-refractivity contribution in [3.05, 3.63) is 23.3 Å². The lowest BCUT2D eigenvalue weighted by atomic mass is 9.82.